The van der Waals surface area contributed by atoms with E-state index < -0.39 is 89.7 Å². The topological polar surface area (TPSA) is 162 Å². The van der Waals surface area contributed by atoms with Crippen LogP contribution >= 0.6 is 0 Å². The Labute approximate surface area is 425 Å². The molecule has 4 fully saturated rings. The van der Waals surface area contributed by atoms with Crippen LogP contribution < -0.4 is 0 Å². The summed E-state index contributed by atoms with van der Waals surface area (Å²) in [4.78, 5) is 132. The molecule has 386 valence electrons. The van der Waals surface area contributed by atoms with Gasteiger partial charge in [0.15, 0.2) is 0 Å². The minimum atomic E-state index is -1.12. The number of fused-ring (bicyclic) bond motifs is 3. The van der Waals surface area contributed by atoms with Crippen molar-refractivity contribution in [2.45, 2.75) is 133 Å². The molecule has 0 saturated carbocycles. The van der Waals surface area contributed by atoms with Crippen LogP contribution in [0, 0.1) is 5.92 Å². The highest BCUT2D eigenvalue weighted by atomic mass is 16.2. The second-order valence-electron chi connectivity index (χ2n) is 20.8. The summed E-state index contributed by atoms with van der Waals surface area (Å²) in [7, 11) is 7.81. The lowest BCUT2D eigenvalue weighted by Crippen LogP contribution is -2.62. The Balaban J connectivity index is 1.33. The fourth-order valence-electron chi connectivity index (χ4n) is 11.2. The maximum absolute atomic E-state index is 15.3. The normalized spacial score (nSPS) is 27.0. The zero-order valence-electron chi connectivity index (χ0n) is 43.4. The molecular weight excluding hydrogens is 913 g/mol. The maximum atomic E-state index is 15.3. The second kappa shape index (κ2) is 23.3. The Kier molecular flexibility index (Phi) is 17.2. The largest absolute Gasteiger partial charge is 0.332 e. The van der Waals surface area contributed by atoms with Crippen LogP contribution in [0.4, 0.5) is 0 Å². The van der Waals surface area contributed by atoms with Crippen LogP contribution in [0.25, 0.3) is 0 Å². The average Bonchev–Trinajstić information content (AvgIpc) is 4.21. The van der Waals surface area contributed by atoms with Crippen LogP contribution in [0.3, 0.4) is 0 Å². The molecule has 7 rings (SSSR count). The fraction of sp³-hybridized carbons (Fsp3) is 0.536. The van der Waals surface area contributed by atoms with Crippen molar-refractivity contribution < 1.29 is 38.4 Å². The van der Waals surface area contributed by atoms with Gasteiger partial charge in [0.05, 0.1) is 0 Å². The fourth-order valence-corrected chi connectivity index (χ4v) is 11.2. The first-order valence-corrected chi connectivity index (χ1v) is 25.8. The Morgan fingerprint density at radius 1 is 0.389 bits per heavy atom. The molecule has 16 heteroatoms. The van der Waals surface area contributed by atoms with Crippen molar-refractivity contribution in [3.63, 3.8) is 0 Å². The number of rotatable bonds is 8. The molecule has 0 radical (unpaired) electrons. The SMILES string of the molecule is CC(C)CC1C(=O)N2CCCC2C(=O)N(C)C(Cc2ccccc2)C(=O)N2CCCC2C(=O)N(C)C(Cc2ccccc2)C(=O)N(C)C(Cc2ccccc2)C(=O)N(C)C(C)C(=O)N2CCCC2C(=O)N1C. The zero-order valence-corrected chi connectivity index (χ0v) is 43.4. The Bertz CT molecular complexity index is 2440. The molecule has 3 aromatic carbocycles. The van der Waals surface area contributed by atoms with Gasteiger partial charge in [-0.15, -0.1) is 0 Å². The predicted octanol–water partition coefficient (Wildman–Crippen LogP) is 3.90. The van der Waals surface area contributed by atoms with Crippen LogP contribution in [0.5, 0.6) is 0 Å². The number of amides is 8. The van der Waals surface area contributed by atoms with Crippen molar-refractivity contribution >= 4 is 47.3 Å². The summed E-state index contributed by atoms with van der Waals surface area (Å²) in [6.45, 7) is 6.33. The van der Waals surface area contributed by atoms with Gasteiger partial charge in [-0.2, -0.15) is 0 Å². The third-order valence-corrected chi connectivity index (χ3v) is 15.7. The molecule has 72 heavy (non-hydrogen) atoms. The highest BCUT2D eigenvalue weighted by molar-refractivity contribution is 5.99. The van der Waals surface area contributed by atoms with E-state index in [4.69, 9.17) is 0 Å². The molecule has 0 aliphatic carbocycles. The van der Waals surface area contributed by atoms with E-state index in [0.717, 1.165) is 16.7 Å². The van der Waals surface area contributed by atoms with Gasteiger partial charge in [-0.3, -0.25) is 38.4 Å². The summed E-state index contributed by atoms with van der Waals surface area (Å²) < 4.78 is 0. The lowest BCUT2D eigenvalue weighted by Gasteiger charge is -2.40. The van der Waals surface area contributed by atoms with Crippen LogP contribution in [0.15, 0.2) is 91.0 Å². The van der Waals surface area contributed by atoms with Gasteiger partial charge in [-0.25, -0.2) is 0 Å². The number of hydrogen-bond acceptors (Lipinski definition) is 8. The summed E-state index contributed by atoms with van der Waals surface area (Å²) in [5.41, 5.74) is 2.35. The molecule has 3 aromatic rings. The molecule has 16 nitrogen and oxygen atoms in total. The molecule has 4 heterocycles. The molecular formula is C56H74N8O8. The van der Waals surface area contributed by atoms with Crippen LogP contribution in [-0.4, -0.2) is 190 Å². The average molecular weight is 987 g/mol. The van der Waals surface area contributed by atoms with Gasteiger partial charge >= 0.3 is 0 Å². The van der Waals surface area contributed by atoms with Crippen molar-refractivity contribution in [1.29, 1.82) is 0 Å². The predicted molar refractivity (Wildman–Crippen MR) is 273 cm³/mol. The van der Waals surface area contributed by atoms with Crippen LogP contribution in [0.1, 0.15) is 82.4 Å². The quantitative estimate of drug-likeness (QED) is 0.329. The molecule has 8 amide bonds. The van der Waals surface area contributed by atoms with E-state index in [-0.39, 0.29) is 50.7 Å². The van der Waals surface area contributed by atoms with Crippen molar-refractivity contribution in [2.75, 3.05) is 54.9 Å². The van der Waals surface area contributed by atoms with Crippen molar-refractivity contribution in [2.24, 2.45) is 5.92 Å². The van der Waals surface area contributed by atoms with E-state index in [2.05, 4.69) is 0 Å². The van der Waals surface area contributed by atoms with Gasteiger partial charge in [-0.1, -0.05) is 105 Å². The van der Waals surface area contributed by atoms with Gasteiger partial charge in [0, 0.05) is 74.1 Å². The van der Waals surface area contributed by atoms with Crippen molar-refractivity contribution in [3.8, 4) is 0 Å². The standard InChI is InChI=1S/C56H74N8O8/c1-37(2)33-45-55(71)63-31-19-29-44(63)52(68)61(8)48(36-41-25-16-11-17-26-41)56(72)64-32-20-28-43(64)51(67)59(6)47(35-40-23-14-10-15-24-40)54(70)60(7)46(34-39-21-12-9-13-22-39)53(69)57(4)38(3)49(65)62-30-18-27-42(62)50(66)58(45)5/h9-17,21-26,37-38,42-48H,18-20,27-36H2,1-8H3. The molecule has 8 unspecified atom stereocenters. The van der Waals surface area contributed by atoms with Gasteiger partial charge < -0.3 is 39.2 Å². The number of carbonyl (C=O) groups is 8. The second-order valence-corrected chi connectivity index (χ2v) is 20.8. The first kappa shape index (κ1) is 53.2. The number of likely N-dealkylation sites (N-methyl/N-ethyl adjacent to an activating group) is 5. The number of hydrogen-bond donors (Lipinski definition) is 0. The van der Waals surface area contributed by atoms with Crippen LogP contribution in [-0.2, 0) is 57.6 Å². The summed E-state index contributed by atoms with van der Waals surface area (Å²) in [6.07, 6.45) is 3.26. The maximum Gasteiger partial charge on any atom is 0.246 e. The number of carbonyl (C=O) groups excluding carboxylic acids is 8. The molecule has 0 N–H and O–H groups in total. The highest BCUT2D eigenvalue weighted by Gasteiger charge is 2.48. The number of benzene rings is 3. The minimum Gasteiger partial charge on any atom is -0.332 e. The third kappa shape index (κ3) is 11.4. The highest BCUT2D eigenvalue weighted by Crippen LogP contribution is 2.30. The lowest BCUT2D eigenvalue weighted by atomic mass is 9.98. The summed E-state index contributed by atoms with van der Waals surface area (Å²) in [5, 5.41) is 0. The van der Waals surface area contributed by atoms with E-state index >= 15 is 19.2 Å². The van der Waals surface area contributed by atoms with E-state index in [9.17, 15) is 19.2 Å². The van der Waals surface area contributed by atoms with E-state index in [0.29, 0.717) is 44.9 Å². The molecule has 8 atom stereocenters. The molecule has 4 saturated heterocycles. The van der Waals surface area contributed by atoms with Crippen molar-refractivity contribution in [1.82, 2.24) is 39.2 Å². The smallest absolute Gasteiger partial charge is 0.246 e. The minimum absolute atomic E-state index is 0.0213. The molecule has 4 aliphatic rings. The van der Waals surface area contributed by atoms with Crippen molar-refractivity contribution in [3.05, 3.63) is 108 Å². The molecule has 4 aliphatic heterocycles. The van der Waals surface area contributed by atoms with Gasteiger partial charge in [0.25, 0.3) is 0 Å². The monoisotopic (exact) mass is 987 g/mol. The van der Waals surface area contributed by atoms with E-state index in [1.165, 1.54) is 36.4 Å². The first-order valence-electron chi connectivity index (χ1n) is 25.8. The van der Waals surface area contributed by atoms with Gasteiger partial charge in [0.1, 0.15) is 48.3 Å². The first-order chi connectivity index (χ1) is 34.4. The zero-order chi connectivity index (χ0) is 52.0. The molecule has 0 bridgehead atoms. The van der Waals surface area contributed by atoms with E-state index in [1.807, 2.05) is 105 Å². The Morgan fingerprint density at radius 2 is 0.681 bits per heavy atom. The lowest BCUT2D eigenvalue weighted by molar-refractivity contribution is -0.157. The van der Waals surface area contributed by atoms with Gasteiger partial charge in [-0.05, 0) is 74.5 Å². The molecule has 0 aromatic heterocycles. The number of nitrogens with zero attached hydrogens (tertiary/aromatic N) is 8. The van der Waals surface area contributed by atoms with E-state index in [1.54, 1.807) is 44.9 Å². The van der Waals surface area contributed by atoms with Crippen LogP contribution in [0.2, 0.25) is 0 Å². The molecule has 0 spiro atoms. The third-order valence-electron chi connectivity index (χ3n) is 15.7. The van der Waals surface area contributed by atoms with Gasteiger partial charge in [0.2, 0.25) is 47.3 Å². The Morgan fingerprint density at radius 3 is 1.04 bits per heavy atom. The summed E-state index contributed by atoms with van der Waals surface area (Å²) in [5.74, 6) is -3.53. The summed E-state index contributed by atoms with van der Waals surface area (Å²) in [6, 6.07) is 19.9. The Hall–Kier alpha value is -6.58. The summed E-state index contributed by atoms with van der Waals surface area (Å²) >= 11 is 0.